The van der Waals surface area contributed by atoms with Crippen LogP contribution < -0.4 is 5.32 Å². The van der Waals surface area contributed by atoms with Gasteiger partial charge in [0.1, 0.15) is 0 Å². The molecule has 0 aromatic heterocycles. The Morgan fingerprint density at radius 2 is 2.06 bits per heavy atom. The lowest BCUT2D eigenvalue weighted by Crippen LogP contribution is -2.27. The standard InChI is InChI=1S/C14H18BrNS/c1-3-4-5-6-13(16-2)11-17-14-9-7-12(15)8-10-14/h7-10,13,16H,5-6,11H2,1-2H3. The van der Waals surface area contributed by atoms with Gasteiger partial charge in [-0.05, 0) is 44.7 Å². The highest BCUT2D eigenvalue weighted by molar-refractivity contribution is 9.10. The van der Waals surface area contributed by atoms with Crippen molar-refractivity contribution >= 4 is 27.7 Å². The van der Waals surface area contributed by atoms with Gasteiger partial charge in [0.05, 0.1) is 0 Å². The van der Waals surface area contributed by atoms with Crippen LogP contribution in [0.2, 0.25) is 0 Å². The van der Waals surface area contributed by atoms with Gasteiger partial charge >= 0.3 is 0 Å². The van der Waals surface area contributed by atoms with Crippen molar-refractivity contribution in [3.63, 3.8) is 0 Å². The zero-order valence-electron chi connectivity index (χ0n) is 10.3. The van der Waals surface area contributed by atoms with Crippen LogP contribution in [0.5, 0.6) is 0 Å². The number of hydrogen-bond donors (Lipinski definition) is 1. The predicted molar refractivity (Wildman–Crippen MR) is 80.4 cm³/mol. The Balaban J connectivity index is 2.35. The summed E-state index contributed by atoms with van der Waals surface area (Å²) in [6, 6.07) is 8.99. The summed E-state index contributed by atoms with van der Waals surface area (Å²) in [5, 5.41) is 3.34. The first kappa shape index (κ1) is 14.6. The number of hydrogen-bond acceptors (Lipinski definition) is 2. The fourth-order valence-electron chi connectivity index (χ4n) is 1.41. The van der Waals surface area contributed by atoms with Crippen molar-refractivity contribution in [2.24, 2.45) is 0 Å². The van der Waals surface area contributed by atoms with Crippen LogP contribution in [0.25, 0.3) is 0 Å². The van der Waals surface area contributed by atoms with E-state index < -0.39 is 0 Å². The van der Waals surface area contributed by atoms with Gasteiger partial charge in [-0.3, -0.25) is 0 Å². The van der Waals surface area contributed by atoms with Gasteiger partial charge in [0.25, 0.3) is 0 Å². The molecule has 92 valence electrons. The van der Waals surface area contributed by atoms with Crippen LogP contribution in [-0.4, -0.2) is 18.8 Å². The maximum Gasteiger partial charge on any atom is 0.0176 e. The molecular formula is C14H18BrNS. The summed E-state index contributed by atoms with van der Waals surface area (Å²) < 4.78 is 1.13. The molecule has 0 saturated heterocycles. The molecule has 0 radical (unpaired) electrons. The van der Waals surface area contributed by atoms with Gasteiger partial charge in [0.15, 0.2) is 0 Å². The second kappa shape index (κ2) is 8.63. The first-order valence-corrected chi connectivity index (χ1v) is 7.49. The second-order valence-electron chi connectivity index (χ2n) is 3.72. The average Bonchev–Trinajstić information content (AvgIpc) is 2.35. The van der Waals surface area contributed by atoms with Crippen molar-refractivity contribution in [2.45, 2.75) is 30.7 Å². The van der Waals surface area contributed by atoms with Crippen molar-refractivity contribution in [3.8, 4) is 11.8 Å². The molecule has 0 heterocycles. The smallest absolute Gasteiger partial charge is 0.0176 e. The average molecular weight is 312 g/mol. The maximum absolute atomic E-state index is 3.44. The van der Waals surface area contributed by atoms with E-state index >= 15 is 0 Å². The summed E-state index contributed by atoms with van der Waals surface area (Å²) in [5.41, 5.74) is 0. The minimum absolute atomic E-state index is 0.532. The summed E-state index contributed by atoms with van der Waals surface area (Å²) in [6.45, 7) is 1.89. The fourth-order valence-corrected chi connectivity index (χ4v) is 2.73. The van der Waals surface area contributed by atoms with E-state index in [1.165, 1.54) is 4.90 Å². The van der Waals surface area contributed by atoms with Gasteiger partial charge in [-0.1, -0.05) is 15.9 Å². The van der Waals surface area contributed by atoms with Crippen LogP contribution in [0.15, 0.2) is 33.6 Å². The molecule has 1 aromatic carbocycles. The van der Waals surface area contributed by atoms with Gasteiger partial charge in [-0.2, -0.15) is 0 Å². The quantitative estimate of drug-likeness (QED) is 0.631. The van der Waals surface area contributed by atoms with Crippen molar-refractivity contribution < 1.29 is 0 Å². The lowest BCUT2D eigenvalue weighted by atomic mass is 10.2. The molecule has 0 aliphatic heterocycles. The molecule has 0 bridgehead atoms. The SMILES string of the molecule is CC#CCCC(CSc1ccc(Br)cc1)NC. The normalized spacial score (nSPS) is 11.7. The number of benzene rings is 1. The minimum atomic E-state index is 0.532. The van der Waals surface area contributed by atoms with Crippen LogP contribution in [-0.2, 0) is 0 Å². The Labute approximate surface area is 117 Å². The molecule has 0 amide bonds. The van der Waals surface area contributed by atoms with Gasteiger partial charge in [-0.15, -0.1) is 23.6 Å². The first-order valence-electron chi connectivity index (χ1n) is 5.71. The predicted octanol–water partition coefficient (Wildman–Crippen LogP) is 3.93. The Bertz CT molecular complexity index is 377. The molecule has 1 aromatic rings. The minimum Gasteiger partial charge on any atom is -0.316 e. The molecule has 0 aliphatic carbocycles. The van der Waals surface area contributed by atoms with E-state index in [2.05, 4.69) is 57.4 Å². The lowest BCUT2D eigenvalue weighted by molar-refractivity contribution is 0.582. The Hall–Kier alpha value is -0.430. The molecule has 3 heteroatoms. The van der Waals surface area contributed by atoms with Crippen molar-refractivity contribution in [2.75, 3.05) is 12.8 Å². The molecular weight excluding hydrogens is 294 g/mol. The lowest BCUT2D eigenvalue weighted by Gasteiger charge is -2.14. The highest BCUT2D eigenvalue weighted by atomic mass is 79.9. The molecule has 17 heavy (non-hydrogen) atoms. The summed E-state index contributed by atoms with van der Waals surface area (Å²) in [5.74, 6) is 7.14. The van der Waals surface area contributed by atoms with Gasteiger partial charge in [0.2, 0.25) is 0 Å². The van der Waals surface area contributed by atoms with Crippen LogP contribution in [0.4, 0.5) is 0 Å². The van der Waals surface area contributed by atoms with Crippen LogP contribution in [0.3, 0.4) is 0 Å². The molecule has 1 nitrogen and oxygen atoms in total. The van der Waals surface area contributed by atoms with Gasteiger partial charge in [0, 0.05) is 27.6 Å². The maximum atomic E-state index is 3.44. The molecule has 1 N–H and O–H groups in total. The largest absolute Gasteiger partial charge is 0.316 e. The number of nitrogens with one attached hydrogen (secondary N) is 1. The third-order valence-electron chi connectivity index (χ3n) is 2.47. The molecule has 1 rings (SSSR count). The highest BCUT2D eigenvalue weighted by Gasteiger charge is 2.05. The van der Waals surface area contributed by atoms with E-state index in [1.54, 1.807) is 0 Å². The van der Waals surface area contributed by atoms with Crippen molar-refractivity contribution in [1.82, 2.24) is 5.32 Å². The second-order valence-corrected chi connectivity index (χ2v) is 5.73. The fraction of sp³-hybridized carbons (Fsp3) is 0.429. The summed E-state index contributed by atoms with van der Waals surface area (Å²) in [6.07, 6.45) is 2.09. The zero-order valence-corrected chi connectivity index (χ0v) is 12.7. The Morgan fingerprint density at radius 3 is 2.65 bits per heavy atom. The monoisotopic (exact) mass is 311 g/mol. The summed E-state index contributed by atoms with van der Waals surface area (Å²) in [7, 11) is 2.02. The molecule has 0 spiro atoms. The van der Waals surface area contributed by atoms with E-state index in [9.17, 15) is 0 Å². The first-order chi connectivity index (χ1) is 8.26. The van der Waals surface area contributed by atoms with Crippen molar-refractivity contribution in [3.05, 3.63) is 28.7 Å². The molecule has 1 atom stereocenters. The van der Waals surface area contributed by atoms with E-state index in [1.807, 2.05) is 25.7 Å². The van der Waals surface area contributed by atoms with Crippen LogP contribution >= 0.6 is 27.7 Å². The van der Waals surface area contributed by atoms with Gasteiger partial charge in [-0.25, -0.2) is 0 Å². The summed E-state index contributed by atoms with van der Waals surface area (Å²) >= 11 is 5.33. The van der Waals surface area contributed by atoms with Gasteiger partial charge < -0.3 is 5.32 Å². The number of halogens is 1. The third-order valence-corrected chi connectivity index (χ3v) is 4.17. The number of thioether (sulfide) groups is 1. The van der Waals surface area contributed by atoms with E-state index in [4.69, 9.17) is 0 Å². The zero-order chi connectivity index (χ0) is 12.5. The Morgan fingerprint density at radius 1 is 1.35 bits per heavy atom. The highest BCUT2D eigenvalue weighted by Crippen LogP contribution is 2.21. The topological polar surface area (TPSA) is 12.0 Å². The van der Waals surface area contributed by atoms with E-state index in [-0.39, 0.29) is 0 Å². The number of rotatable bonds is 6. The van der Waals surface area contributed by atoms with Crippen molar-refractivity contribution in [1.29, 1.82) is 0 Å². The molecule has 1 unspecified atom stereocenters. The molecule has 0 fully saturated rings. The third kappa shape index (κ3) is 6.16. The molecule has 0 saturated carbocycles. The van der Waals surface area contributed by atoms with E-state index in [0.717, 1.165) is 23.1 Å². The summed E-state index contributed by atoms with van der Waals surface area (Å²) in [4.78, 5) is 1.31. The molecule has 0 aliphatic rings. The van der Waals surface area contributed by atoms with Crippen LogP contribution in [0.1, 0.15) is 19.8 Å². The van der Waals surface area contributed by atoms with Crippen LogP contribution in [0, 0.1) is 11.8 Å². The Kier molecular flexibility index (Phi) is 7.43. The van der Waals surface area contributed by atoms with E-state index in [0.29, 0.717) is 6.04 Å².